The molecule has 0 fully saturated rings. The first-order valence-electron chi connectivity index (χ1n) is 6.12. The summed E-state index contributed by atoms with van der Waals surface area (Å²) in [7, 11) is -2.16. The predicted molar refractivity (Wildman–Crippen MR) is 74.7 cm³/mol. The van der Waals surface area contributed by atoms with Gasteiger partial charge in [0.05, 0.1) is 0 Å². The topological polar surface area (TPSA) is 52.6 Å². The molecule has 0 amide bonds. The molecule has 0 heterocycles. The van der Waals surface area contributed by atoms with Gasteiger partial charge in [-0.1, -0.05) is 50.8 Å². The van der Waals surface area contributed by atoms with Gasteiger partial charge in [-0.25, -0.2) is 0 Å². The van der Waals surface area contributed by atoms with E-state index in [9.17, 15) is 9.59 Å². The van der Waals surface area contributed by atoms with Gasteiger partial charge in [-0.3, -0.25) is 9.59 Å². The summed E-state index contributed by atoms with van der Waals surface area (Å²) in [6, 6.07) is 7.29. The second kappa shape index (κ2) is 7.53. The van der Waals surface area contributed by atoms with Crippen LogP contribution in [0.2, 0.25) is 0 Å². The van der Waals surface area contributed by atoms with Crippen LogP contribution in [0.25, 0.3) is 6.08 Å². The Labute approximate surface area is 114 Å². The lowest BCUT2D eigenvalue weighted by molar-refractivity contribution is -0.139. The van der Waals surface area contributed by atoms with Crippen molar-refractivity contribution in [1.82, 2.24) is 0 Å². The van der Waals surface area contributed by atoms with Crippen molar-refractivity contribution in [3.8, 4) is 0 Å². The summed E-state index contributed by atoms with van der Waals surface area (Å²) in [6.07, 6.45) is 2.14. The summed E-state index contributed by atoms with van der Waals surface area (Å²) < 4.78 is 10.5. The molecule has 0 saturated heterocycles. The maximum absolute atomic E-state index is 11.5. The average molecular weight is 277 g/mol. The van der Waals surface area contributed by atoms with E-state index >= 15 is 0 Å². The minimum atomic E-state index is -2.16. The second-order valence-corrected chi connectivity index (χ2v) is 5.26. The third-order valence-corrected chi connectivity index (χ3v) is 4.11. The molecule has 0 bridgehead atoms. The zero-order chi connectivity index (χ0) is 14.3. The van der Waals surface area contributed by atoms with Gasteiger partial charge in [-0.2, -0.15) is 0 Å². The highest BCUT2D eigenvalue weighted by Crippen LogP contribution is 2.04. The molecule has 1 aromatic rings. The van der Waals surface area contributed by atoms with Crippen molar-refractivity contribution in [1.29, 1.82) is 0 Å². The number of carbonyl (C=O) groups excluding carboxylic acids is 2. The van der Waals surface area contributed by atoms with Crippen LogP contribution in [0.15, 0.2) is 30.8 Å². The lowest BCUT2D eigenvalue weighted by Crippen LogP contribution is -2.41. The van der Waals surface area contributed by atoms with Gasteiger partial charge in [0, 0.05) is 18.0 Å². The Morgan fingerprint density at radius 3 is 2.16 bits per heavy atom. The van der Waals surface area contributed by atoms with Crippen LogP contribution in [0.4, 0.5) is 0 Å². The van der Waals surface area contributed by atoms with Crippen LogP contribution in [-0.4, -0.2) is 21.2 Å². The summed E-state index contributed by atoms with van der Waals surface area (Å²) in [5.74, 6) is -0.756. The monoisotopic (exact) mass is 277 g/mol. The first-order valence-corrected chi connectivity index (χ1v) is 7.44. The van der Waals surface area contributed by atoms with Gasteiger partial charge in [0.15, 0.2) is 0 Å². The van der Waals surface area contributed by atoms with Gasteiger partial charge in [-0.15, -0.1) is 0 Å². The molecule has 0 spiro atoms. The van der Waals surface area contributed by atoms with Crippen molar-refractivity contribution in [3.63, 3.8) is 0 Å². The molecule has 0 aliphatic heterocycles. The Hall–Kier alpha value is -1.88. The molecule has 1 radical (unpaired) electrons. The van der Waals surface area contributed by atoms with E-state index in [2.05, 4.69) is 6.58 Å². The van der Waals surface area contributed by atoms with Crippen LogP contribution < -0.4 is 5.19 Å². The first-order chi connectivity index (χ1) is 9.12. The third-order valence-electron chi connectivity index (χ3n) is 2.39. The number of benzene rings is 1. The van der Waals surface area contributed by atoms with Gasteiger partial charge in [0.1, 0.15) is 0 Å². The largest absolute Gasteiger partial charge is 0.577 e. The smallest absolute Gasteiger partial charge is 0.479 e. The van der Waals surface area contributed by atoms with E-state index in [1.54, 1.807) is 26.0 Å². The SMILES string of the molecule is C=Cc1ccccc1[Si](OC(=O)CC)OC(=O)CC. The fraction of sp³-hybridized carbons (Fsp3) is 0.286. The van der Waals surface area contributed by atoms with Gasteiger partial charge >= 0.3 is 9.28 Å². The third kappa shape index (κ3) is 4.37. The van der Waals surface area contributed by atoms with E-state index in [-0.39, 0.29) is 24.8 Å². The predicted octanol–water partition coefficient (Wildman–Crippen LogP) is 1.93. The molecule has 0 aromatic heterocycles. The van der Waals surface area contributed by atoms with Gasteiger partial charge in [0.2, 0.25) is 0 Å². The van der Waals surface area contributed by atoms with Crippen LogP contribution in [0.1, 0.15) is 32.3 Å². The van der Waals surface area contributed by atoms with Crippen LogP contribution >= 0.6 is 0 Å². The molecule has 1 rings (SSSR count). The molecule has 101 valence electrons. The zero-order valence-corrected chi connectivity index (χ0v) is 12.1. The summed E-state index contributed by atoms with van der Waals surface area (Å²) in [5.41, 5.74) is 0.809. The van der Waals surface area contributed by atoms with E-state index in [0.29, 0.717) is 5.19 Å². The van der Waals surface area contributed by atoms with Gasteiger partial charge in [0.25, 0.3) is 11.9 Å². The molecule has 0 N–H and O–H groups in total. The molecule has 5 heteroatoms. The van der Waals surface area contributed by atoms with Crippen molar-refractivity contribution >= 4 is 32.5 Å². The first kappa shape index (κ1) is 15.2. The zero-order valence-electron chi connectivity index (χ0n) is 11.1. The molecule has 1 aromatic carbocycles. The minimum Gasteiger partial charge on any atom is -0.479 e. The van der Waals surface area contributed by atoms with Gasteiger partial charge in [-0.05, 0) is 5.56 Å². The lowest BCUT2D eigenvalue weighted by atomic mass is 10.2. The molecular weight excluding hydrogens is 260 g/mol. The van der Waals surface area contributed by atoms with Crippen LogP contribution in [0.3, 0.4) is 0 Å². The molecule has 0 saturated carbocycles. The molecule has 19 heavy (non-hydrogen) atoms. The quantitative estimate of drug-likeness (QED) is 0.746. The van der Waals surface area contributed by atoms with E-state index in [4.69, 9.17) is 8.85 Å². The maximum atomic E-state index is 11.5. The minimum absolute atomic E-state index is 0.244. The van der Waals surface area contributed by atoms with E-state index < -0.39 is 9.28 Å². The lowest BCUT2D eigenvalue weighted by Gasteiger charge is -2.15. The Bertz CT molecular complexity index is 452. The second-order valence-electron chi connectivity index (χ2n) is 3.73. The van der Waals surface area contributed by atoms with Crippen LogP contribution in [0.5, 0.6) is 0 Å². The summed E-state index contributed by atoms with van der Waals surface area (Å²) in [5, 5.41) is 0.714. The van der Waals surface area contributed by atoms with Crippen molar-refractivity contribution < 1.29 is 18.4 Å². The van der Waals surface area contributed by atoms with Crippen molar-refractivity contribution in [2.45, 2.75) is 26.7 Å². The highest BCUT2D eigenvalue weighted by atomic mass is 28.3. The van der Waals surface area contributed by atoms with Crippen LogP contribution in [0, 0.1) is 0 Å². The Balaban J connectivity index is 3.03. The summed E-state index contributed by atoms with van der Waals surface area (Å²) >= 11 is 0. The highest BCUT2D eigenvalue weighted by Gasteiger charge is 2.29. The Kier molecular flexibility index (Phi) is 6.01. The van der Waals surface area contributed by atoms with Gasteiger partial charge < -0.3 is 8.85 Å². The Morgan fingerprint density at radius 2 is 1.68 bits per heavy atom. The maximum Gasteiger partial charge on any atom is 0.577 e. The van der Waals surface area contributed by atoms with E-state index in [1.165, 1.54) is 0 Å². The molecule has 0 atom stereocenters. The number of carbonyl (C=O) groups is 2. The van der Waals surface area contributed by atoms with E-state index in [0.717, 1.165) is 5.56 Å². The molecule has 0 aliphatic rings. The fourth-order valence-corrected chi connectivity index (χ4v) is 2.96. The summed E-state index contributed by atoms with van der Waals surface area (Å²) in [4.78, 5) is 22.9. The average Bonchev–Trinajstić information content (AvgIpc) is 2.46. The Morgan fingerprint density at radius 1 is 1.16 bits per heavy atom. The standard InChI is InChI=1S/C14H17O4Si/c1-4-11-9-7-8-10-12(11)19(17-13(15)5-2)18-14(16)6-3/h4,7-10H,1,5-6H2,2-3H3. The number of hydrogen-bond acceptors (Lipinski definition) is 4. The fourth-order valence-electron chi connectivity index (χ4n) is 1.34. The summed E-state index contributed by atoms with van der Waals surface area (Å²) in [6.45, 7) is 7.10. The highest BCUT2D eigenvalue weighted by molar-refractivity contribution is 6.65. The molecular formula is C14H17O4Si. The van der Waals surface area contributed by atoms with Crippen molar-refractivity contribution in [2.75, 3.05) is 0 Å². The number of rotatable bonds is 6. The van der Waals surface area contributed by atoms with Crippen molar-refractivity contribution in [3.05, 3.63) is 36.4 Å². The number of hydrogen-bond donors (Lipinski definition) is 0. The van der Waals surface area contributed by atoms with Crippen LogP contribution in [-0.2, 0) is 18.4 Å². The van der Waals surface area contributed by atoms with E-state index in [1.807, 2.05) is 18.2 Å². The normalized spacial score (nSPS) is 10.1. The molecule has 0 aliphatic carbocycles. The molecule has 4 nitrogen and oxygen atoms in total. The van der Waals surface area contributed by atoms with Crippen molar-refractivity contribution in [2.24, 2.45) is 0 Å². The molecule has 0 unspecified atom stereocenters.